The summed E-state index contributed by atoms with van der Waals surface area (Å²) in [6.45, 7) is 2.23. The average molecular weight is 460 g/mol. The number of aliphatic hydroxyl groups excluding tert-OH is 1. The van der Waals surface area contributed by atoms with Crippen LogP contribution in [0.1, 0.15) is 6.92 Å². The van der Waals surface area contributed by atoms with Gasteiger partial charge in [0, 0.05) is 31.6 Å². The van der Waals surface area contributed by atoms with Gasteiger partial charge in [0.25, 0.3) is 0 Å². The number of aliphatic hydroxyl groups is 1. The summed E-state index contributed by atoms with van der Waals surface area (Å²) in [6, 6.07) is 6.14. The van der Waals surface area contributed by atoms with Crippen LogP contribution < -0.4 is 15.4 Å². The lowest BCUT2D eigenvalue weighted by Crippen LogP contribution is -2.27. The number of benzene rings is 1. The summed E-state index contributed by atoms with van der Waals surface area (Å²) in [4.78, 5) is 8.62. The standard InChI is InChI=1S/C16H22BrN5O4S/c1-11(10-23)20-15-14(17)9-18-16(22-15)21-12-4-3-5-13(8-12)27(24,25)19-6-7-26-2/h3-5,8-9,11,19,23H,6-7,10H2,1-2H3,(H2,18,20,21,22)/t11-/m1/s1. The summed E-state index contributed by atoms with van der Waals surface area (Å²) in [5, 5.41) is 15.2. The third kappa shape index (κ3) is 6.40. The topological polar surface area (TPSA) is 125 Å². The van der Waals surface area contributed by atoms with E-state index in [1.807, 2.05) is 6.92 Å². The van der Waals surface area contributed by atoms with Gasteiger partial charge in [-0.2, -0.15) is 4.98 Å². The summed E-state index contributed by atoms with van der Waals surface area (Å²) in [5.41, 5.74) is 0.521. The molecule has 1 aromatic heterocycles. The normalized spacial score (nSPS) is 12.6. The molecule has 2 rings (SSSR count). The molecule has 0 spiro atoms. The molecule has 148 valence electrons. The van der Waals surface area contributed by atoms with E-state index in [-0.39, 0.29) is 36.6 Å². The second kappa shape index (κ2) is 9.95. The molecule has 9 nitrogen and oxygen atoms in total. The van der Waals surface area contributed by atoms with Gasteiger partial charge in [-0.05, 0) is 41.1 Å². The van der Waals surface area contributed by atoms with Crippen molar-refractivity contribution in [2.24, 2.45) is 0 Å². The Balaban J connectivity index is 2.17. The van der Waals surface area contributed by atoms with Gasteiger partial charge in [-0.15, -0.1) is 0 Å². The molecule has 27 heavy (non-hydrogen) atoms. The van der Waals surface area contributed by atoms with Gasteiger partial charge < -0.3 is 20.5 Å². The molecule has 0 saturated heterocycles. The van der Waals surface area contributed by atoms with E-state index in [1.165, 1.54) is 19.2 Å². The van der Waals surface area contributed by atoms with Crippen molar-refractivity contribution >= 4 is 43.4 Å². The average Bonchev–Trinajstić information content (AvgIpc) is 2.64. The van der Waals surface area contributed by atoms with E-state index in [0.29, 0.717) is 16.0 Å². The van der Waals surface area contributed by atoms with Gasteiger partial charge in [0.1, 0.15) is 5.82 Å². The minimum Gasteiger partial charge on any atom is -0.394 e. The van der Waals surface area contributed by atoms with Crippen molar-refractivity contribution in [3.63, 3.8) is 0 Å². The van der Waals surface area contributed by atoms with Crippen LogP contribution in [0, 0.1) is 0 Å². The number of ether oxygens (including phenoxy) is 1. The quantitative estimate of drug-likeness (QED) is 0.395. The van der Waals surface area contributed by atoms with Gasteiger partial charge in [0.2, 0.25) is 16.0 Å². The van der Waals surface area contributed by atoms with Crippen molar-refractivity contribution in [1.82, 2.24) is 14.7 Å². The summed E-state index contributed by atoms with van der Waals surface area (Å²) < 4.78 is 32.6. The maximum absolute atomic E-state index is 12.3. The highest BCUT2D eigenvalue weighted by Gasteiger charge is 2.14. The first-order valence-corrected chi connectivity index (χ1v) is 10.4. The molecule has 1 atom stereocenters. The number of aromatic nitrogens is 2. The van der Waals surface area contributed by atoms with Crippen LogP contribution in [0.2, 0.25) is 0 Å². The van der Waals surface area contributed by atoms with Crippen LogP contribution in [0.3, 0.4) is 0 Å². The maximum Gasteiger partial charge on any atom is 0.240 e. The zero-order valence-electron chi connectivity index (χ0n) is 14.9. The van der Waals surface area contributed by atoms with Crippen LogP contribution in [0.4, 0.5) is 17.5 Å². The lowest BCUT2D eigenvalue weighted by Gasteiger charge is -2.14. The van der Waals surface area contributed by atoms with Gasteiger partial charge in [-0.1, -0.05) is 6.07 Å². The number of hydrogen-bond donors (Lipinski definition) is 4. The van der Waals surface area contributed by atoms with Crippen molar-refractivity contribution in [2.75, 3.05) is 37.5 Å². The molecule has 11 heteroatoms. The Hall–Kier alpha value is -1.79. The molecule has 1 heterocycles. The zero-order valence-corrected chi connectivity index (χ0v) is 17.3. The summed E-state index contributed by atoms with van der Waals surface area (Å²) in [6.07, 6.45) is 1.56. The largest absolute Gasteiger partial charge is 0.394 e. The summed E-state index contributed by atoms with van der Waals surface area (Å²) >= 11 is 3.35. The van der Waals surface area contributed by atoms with Gasteiger partial charge >= 0.3 is 0 Å². The maximum atomic E-state index is 12.3. The fourth-order valence-electron chi connectivity index (χ4n) is 2.04. The predicted octanol–water partition coefficient (Wildman–Crippen LogP) is 1.70. The lowest BCUT2D eigenvalue weighted by atomic mass is 10.3. The molecule has 0 fully saturated rings. The monoisotopic (exact) mass is 459 g/mol. The van der Waals surface area contributed by atoms with E-state index in [0.717, 1.165) is 0 Å². The van der Waals surface area contributed by atoms with Crippen molar-refractivity contribution in [2.45, 2.75) is 17.9 Å². The Morgan fingerprint density at radius 2 is 2.15 bits per heavy atom. The first-order valence-electron chi connectivity index (χ1n) is 8.11. The Kier molecular flexibility index (Phi) is 7.92. The summed E-state index contributed by atoms with van der Waals surface area (Å²) in [7, 11) is -2.14. The third-order valence-corrected chi connectivity index (χ3v) is 5.44. The minimum atomic E-state index is -3.64. The van der Waals surface area contributed by atoms with Crippen LogP contribution in [0.25, 0.3) is 0 Å². The highest BCUT2D eigenvalue weighted by molar-refractivity contribution is 9.10. The van der Waals surface area contributed by atoms with E-state index in [4.69, 9.17) is 9.84 Å². The van der Waals surface area contributed by atoms with Crippen LogP contribution >= 0.6 is 15.9 Å². The first kappa shape index (κ1) is 21.5. The Morgan fingerprint density at radius 1 is 1.37 bits per heavy atom. The molecule has 4 N–H and O–H groups in total. The fraction of sp³-hybridized carbons (Fsp3) is 0.375. The molecular formula is C16H22BrN5O4S. The van der Waals surface area contributed by atoms with E-state index < -0.39 is 10.0 Å². The van der Waals surface area contributed by atoms with E-state index in [2.05, 4.69) is 41.3 Å². The van der Waals surface area contributed by atoms with Crippen molar-refractivity contribution < 1.29 is 18.3 Å². The highest BCUT2D eigenvalue weighted by atomic mass is 79.9. The van der Waals surface area contributed by atoms with Gasteiger partial charge in [-0.3, -0.25) is 0 Å². The van der Waals surface area contributed by atoms with Crippen LogP contribution in [-0.2, 0) is 14.8 Å². The van der Waals surface area contributed by atoms with Gasteiger partial charge in [0.05, 0.1) is 22.6 Å². The third-order valence-electron chi connectivity index (χ3n) is 3.40. The van der Waals surface area contributed by atoms with Crippen molar-refractivity contribution in [3.8, 4) is 0 Å². The van der Waals surface area contributed by atoms with Gasteiger partial charge in [-0.25, -0.2) is 18.1 Å². The SMILES string of the molecule is COCCNS(=O)(=O)c1cccc(Nc2ncc(Br)c(N[C@H](C)CO)n2)c1. The molecule has 0 radical (unpaired) electrons. The summed E-state index contributed by atoms with van der Waals surface area (Å²) in [5.74, 6) is 0.798. The number of anilines is 3. The van der Waals surface area contributed by atoms with Gasteiger partial charge in [0.15, 0.2) is 0 Å². The number of rotatable bonds is 10. The molecule has 0 aliphatic heterocycles. The van der Waals surface area contributed by atoms with E-state index >= 15 is 0 Å². The number of nitrogens with zero attached hydrogens (tertiary/aromatic N) is 2. The zero-order chi connectivity index (χ0) is 19.9. The molecule has 0 bridgehead atoms. The predicted molar refractivity (Wildman–Crippen MR) is 107 cm³/mol. The molecular weight excluding hydrogens is 438 g/mol. The number of sulfonamides is 1. The highest BCUT2D eigenvalue weighted by Crippen LogP contribution is 2.23. The van der Waals surface area contributed by atoms with E-state index in [9.17, 15) is 8.42 Å². The van der Waals surface area contributed by atoms with Crippen LogP contribution in [0.5, 0.6) is 0 Å². The molecule has 1 aromatic carbocycles. The van der Waals surface area contributed by atoms with Crippen LogP contribution in [-0.4, -0.2) is 56.4 Å². The first-order chi connectivity index (χ1) is 12.9. The minimum absolute atomic E-state index is 0.0464. The van der Waals surface area contributed by atoms with Crippen LogP contribution in [0.15, 0.2) is 39.8 Å². The smallest absolute Gasteiger partial charge is 0.240 e. The second-order valence-electron chi connectivity index (χ2n) is 5.66. The number of methoxy groups -OCH3 is 1. The Bertz CT molecular complexity index is 866. The molecule has 0 aliphatic carbocycles. The number of nitrogens with one attached hydrogen (secondary N) is 3. The van der Waals surface area contributed by atoms with E-state index in [1.54, 1.807) is 18.3 Å². The molecule has 0 aliphatic rings. The molecule has 0 unspecified atom stereocenters. The number of hydrogen-bond acceptors (Lipinski definition) is 8. The Morgan fingerprint density at radius 3 is 2.85 bits per heavy atom. The lowest BCUT2D eigenvalue weighted by molar-refractivity contribution is 0.204. The Labute approximate surface area is 166 Å². The van der Waals surface area contributed by atoms with Crippen molar-refractivity contribution in [1.29, 1.82) is 0 Å². The molecule has 2 aromatic rings. The van der Waals surface area contributed by atoms with Crippen molar-refractivity contribution in [3.05, 3.63) is 34.9 Å². The molecule has 0 saturated carbocycles. The molecule has 0 amide bonds. The fourth-order valence-corrected chi connectivity index (χ4v) is 3.40. The second-order valence-corrected chi connectivity index (χ2v) is 8.28. The number of halogens is 1.